The number of nitrogens with one attached hydrogen (secondary N) is 1. The number of benzene rings is 1. The van der Waals surface area contributed by atoms with Gasteiger partial charge in [-0.25, -0.2) is 4.79 Å². The van der Waals surface area contributed by atoms with Crippen LogP contribution in [0.4, 0.5) is 4.79 Å². The first kappa shape index (κ1) is 16.4. The Balaban J connectivity index is 1.73. The van der Waals surface area contributed by atoms with Gasteiger partial charge in [-0.2, -0.15) is 0 Å². The van der Waals surface area contributed by atoms with E-state index in [4.69, 9.17) is 0 Å². The number of hydrogen-bond donors (Lipinski definition) is 2. The van der Waals surface area contributed by atoms with Crippen molar-refractivity contribution in [2.24, 2.45) is 5.92 Å². The van der Waals surface area contributed by atoms with E-state index in [2.05, 4.69) is 17.2 Å². The summed E-state index contributed by atoms with van der Waals surface area (Å²) >= 11 is 0. The van der Waals surface area contributed by atoms with Crippen LogP contribution >= 0.6 is 0 Å². The molecule has 2 rings (SSSR count). The van der Waals surface area contributed by atoms with Crippen LogP contribution in [0.5, 0.6) is 0 Å². The van der Waals surface area contributed by atoms with Crippen LogP contribution < -0.4 is 5.32 Å². The molecule has 0 spiro atoms. The fourth-order valence-electron chi connectivity index (χ4n) is 2.76. The van der Waals surface area contributed by atoms with Gasteiger partial charge in [0.1, 0.15) is 0 Å². The minimum atomic E-state index is -0.276. The second-order valence-corrected chi connectivity index (χ2v) is 5.82. The number of aliphatic hydroxyl groups is 1. The van der Waals surface area contributed by atoms with Crippen molar-refractivity contribution in [3.8, 4) is 11.8 Å². The molecule has 0 aromatic heterocycles. The normalized spacial score (nSPS) is 20.6. The first-order valence-corrected chi connectivity index (χ1v) is 7.88. The fraction of sp³-hybridized carbons (Fsp3) is 0.500. The van der Waals surface area contributed by atoms with Crippen molar-refractivity contribution in [2.75, 3.05) is 20.1 Å². The van der Waals surface area contributed by atoms with E-state index in [1.165, 1.54) is 0 Å². The average molecular weight is 300 g/mol. The lowest BCUT2D eigenvalue weighted by molar-refractivity contribution is 0.0566. The Morgan fingerprint density at radius 3 is 2.77 bits per heavy atom. The van der Waals surface area contributed by atoms with E-state index in [0.29, 0.717) is 13.1 Å². The van der Waals surface area contributed by atoms with Crippen molar-refractivity contribution < 1.29 is 9.90 Å². The minimum absolute atomic E-state index is 0.139. The molecule has 2 N–H and O–H groups in total. The lowest BCUT2D eigenvalue weighted by atomic mass is 9.86. The molecule has 0 bridgehead atoms. The summed E-state index contributed by atoms with van der Waals surface area (Å²) in [7, 11) is 1.77. The standard InChI is InChI=1S/C18H24N2O2/c1-20(14-16-11-5-6-12-17(16)21)18(22)19-13-7-10-15-8-3-2-4-9-15/h2-4,8-9,16-17,21H,5-6,11-14H2,1H3,(H,19,22)/t16-,17-/m1/s1. The summed E-state index contributed by atoms with van der Waals surface area (Å²) in [4.78, 5) is 13.6. The molecule has 2 amide bonds. The van der Waals surface area contributed by atoms with Gasteiger partial charge in [-0.15, -0.1) is 0 Å². The third kappa shape index (κ3) is 5.09. The molecule has 0 saturated heterocycles. The van der Waals surface area contributed by atoms with E-state index >= 15 is 0 Å². The van der Waals surface area contributed by atoms with Gasteiger partial charge in [-0.1, -0.05) is 42.9 Å². The number of carbonyl (C=O) groups excluding carboxylic acids is 1. The summed E-state index contributed by atoms with van der Waals surface area (Å²) in [6, 6.07) is 9.55. The highest BCUT2D eigenvalue weighted by Gasteiger charge is 2.25. The van der Waals surface area contributed by atoms with Crippen molar-refractivity contribution >= 4 is 6.03 Å². The van der Waals surface area contributed by atoms with Crippen LogP contribution in [-0.2, 0) is 0 Å². The van der Waals surface area contributed by atoms with Crippen molar-refractivity contribution in [1.29, 1.82) is 0 Å². The number of carbonyl (C=O) groups is 1. The lowest BCUT2D eigenvalue weighted by Crippen LogP contribution is -2.43. The molecule has 1 aliphatic carbocycles. The Kier molecular flexibility index (Phi) is 6.29. The Morgan fingerprint density at radius 2 is 2.05 bits per heavy atom. The van der Waals surface area contributed by atoms with Crippen LogP contribution in [0.1, 0.15) is 31.2 Å². The van der Waals surface area contributed by atoms with Gasteiger partial charge >= 0.3 is 6.03 Å². The first-order chi connectivity index (χ1) is 10.7. The molecular formula is C18H24N2O2. The van der Waals surface area contributed by atoms with Crippen LogP contribution in [0.3, 0.4) is 0 Å². The average Bonchev–Trinajstić information content (AvgIpc) is 2.54. The lowest BCUT2D eigenvalue weighted by Gasteiger charge is -2.31. The molecule has 1 saturated carbocycles. The molecule has 0 aliphatic heterocycles. The maximum absolute atomic E-state index is 12.0. The summed E-state index contributed by atoms with van der Waals surface area (Å²) in [5, 5.41) is 12.7. The third-order valence-electron chi connectivity index (χ3n) is 4.06. The van der Waals surface area contributed by atoms with Crippen molar-refractivity contribution in [1.82, 2.24) is 10.2 Å². The van der Waals surface area contributed by atoms with Crippen molar-refractivity contribution in [3.05, 3.63) is 35.9 Å². The molecular weight excluding hydrogens is 276 g/mol. The van der Waals surface area contributed by atoms with Crippen LogP contribution in [0.25, 0.3) is 0 Å². The molecule has 1 aromatic rings. The molecule has 0 heterocycles. The molecule has 22 heavy (non-hydrogen) atoms. The molecule has 0 radical (unpaired) electrons. The zero-order chi connectivity index (χ0) is 15.8. The van der Waals surface area contributed by atoms with Gasteiger partial charge in [-0.3, -0.25) is 0 Å². The molecule has 4 heteroatoms. The summed E-state index contributed by atoms with van der Waals surface area (Å²) in [6.07, 6.45) is 3.79. The molecule has 0 unspecified atom stereocenters. The van der Waals surface area contributed by atoms with Gasteiger partial charge in [0.2, 0.25) is 0 Å². The zero-order valence-corrected chi connectivity index (χ0v) is 13.1. The Labute approximate surface area is 132 Å². The Morgan fingerprint density at radius 1 is 1.32 bits per heavy atom. The van der Waals surface area contributed by atoms with E-state index < -0.39 is 0 Å². The van der Waals surface area contributed by atoms with E-state index in [0.717, 1.165) is 31.2 Å². The minimum Gasteiger partial charge on any atom is -0.393 e. The maximum Gasteiger partial charge on any atom is 0.317 e. The number of urea groups is 1. The number of hydrogen-bond acceptors (Lipinski definition) is 2. The smallest absolute Gasteiger partial charge is 0.317 e. The highest BCUT2D eigenvalue weighted by molar-refractivity contribution is 5.74. The molecule has 118 valence electrons. The van der Waals surface area contributed by atoms with Crippen LogP contribution in [0.2, 0.25) is 0 Å². The van der Waals surface area contributed by atoms with E-state index in [1.54, 1.807) is 11.9 Å². The van der Waals surface area contributed by atoms with Gasteiger partial charge in [-0.05, 0) is 25.0 Å². The van der Waals surface area contributed by atoms with Gasteiger partial charge in [0.05, 0.1) is 12.6 Å². The number of nitrogens with zero attached hydrogens (tertiary/aromatic N) is 1. The highest BCUT2D eigenvalue weighted by Crippen LogP contribution is 2.24. The summed E-state index contributed by atoms with van der Waals surface area (Å²) in [5.74, 6) is 6.14. The predicted molar refractivity (Wildman–Crippen MR) is 87.3 cm³/mol. The molecule has 1 aliphatic rings. The van der Waals surface area contributed by atoms with E-state index in [-0.39, 0.29) is 18.1 Å². The number of aliphatic hydroxyl groups excluding tert-OH is 1. The van der Waals surface area contributed by atoms with Crippen molar-refractivity contribution in [2.45, 2.75) is 31.8 Å². The van der Waals surface area contributed by atoms with Crippen LogP contribution in [0, 0.1) is 17.8 Å². The molecule has 1 aromatic carbocycles. The van der Waals surface area contributed by atoms with Crippen LogP contribution in [-0.4, -0.2) is 42.3 Å². The monoisotopic (exact) mass is 300 g/mol. The quantitative estimate of drug-likeness (QED) is 0.841. The van der Waals surface area contributed by atoms with Crippen molar-refractivity contribution in [3.63, 3.8) is 0 Å². The van der Waals surface area contributed by atoms with Gasteiger partial charge < -0.3 is 15.3 Å². The number of amides is 2. The predicted octanol–water partition coefficient (Wildman–Crippen LogP) is 2.23. The van der Waals surface area contributed by atoms with Crippen LogP contribution in [0.15, 0.2) is 30.3 Å². The summed E-state index contributed by atoms with van der Waals surface area (Å²) < 4.78 is 0. The largest absolute Gasteiger partial charge is 0.393 e. The fourth-order valence-corrected chi connectivity index (χ4v) is 2.76. The summed E-state index contributed by atoms with van der Waals surface area (Å²) in [6.45, 7) is 0.921. The highest BCUT2D eigenvalue weighted by atomic mass is 16.3. The number of rotatable bonds is 3. The van der Waals surface area contributed by atoms with E-state index in [1.807, 2.05) is 30.3 Å². The van der Waals surface area contributed by atoms with Gasteiger partial charge in [0.15, 0.2) is 0 Å². The molecule has 2 atom stereocenters. The Hall–Kier alpha value is -1.99. The topological polar surface area (TPSA) is 52.6 Å². The molecule has 1 fully saturated rings. The first-order valence-electron chi connectivity index (χ1n) is 7.88. The SMILES string of the molecule is CN(C[C@H]1CCCC[C@H]1O)C(=O)NCC#Cc1ccccc1. The zero-order valence-electron chi connectivity index (χ0n) is 13.1. The second kappa shape index (κ2) is 8.45. The third-order valence-corrected chi connectivity index (χ3v) is 4.06. The van der Waals surface area contributed by atoms with Gasteiger partial charge in [0, 0.05) is 25.1 Å². The van der Waals surface area contributed by atoms with E-state index in [9.17, 15) is 9.90 Å². The Bertz CT molecular complexity index is 533. The summed E-state index contributed by atoms with van der Waals surface area (Å²) in [5.41, 5.74) is 0.940. The van der Waals surface area contributed by atoms with Gasteiger partial charge in [0.25, 0.3) is 0 Å². The second-order valence-electron chi connectivity index (χ2n) is 5.82. The molecule has 4 nitrogen and oxygen atoms in total. The maximum atomic E-state index is 12.0.